The molecule has 1 fully saturated rings. The molecule has 1 aliphatic rings. The highest BCUT2D eigenvalue weighted by atomic mass is 32.2. The van der Waals surface area contributed by atoms with Crippen molar-refractivity contribution in [2.24, 2.45) is 5.92 Å². The molecule has 21 heavy (non-hydrogen) atoms. The van der Waals surface area contributed by atoms with Crippen molar-refractivity contribution in [2.75, 3.05) is 18.2 Å². The maximum atomic E-state index is 12.1. The maximum absolute atomic E-state index is 12.1. The van der Waals surface area contributed by atoms with Crippen molar-refractivity contribution in [2.45, 2.75) is 45.6 Å². The minimum absolute atomic E-state index is 0.0601. The van der Waals surface area contributed by atoms with Gasteiger partial charge in [-0.2, -0.15) is 0 Å². The highest BCUT2D eigenvalue weighted by Gasteiger charge is 2.34. The SMILES string of the molecule is CC(C)CNC(=O)C1CSCN1C(=O)CCCCC(=O)O. The number of amides is 2. The van der Waals surface area contributed by atoms with Gasteiger partial charge in [-0.05, 0) is 18.8 Å². The summed E-state index contributed by atoms with van der Waals surface area (Å²) < 4.78 is 0. The normalized spacial score (nSPS) is 18.0. The Hall–Kier alpha value is -1.24. The van der Waals surface area contributed by atoms with Crippen LogP contribution in [0.25, 0.3) is 0 Å². The van der Waals surface area contributed by atoms with Crippen LogP contribution in [-0.4, -0.2) is 52.0 Å². The van der Waals surface area contributed by atoms with Crippen molar-refractivity contribution in [3.8, 4) is 0 Å². The van der Waals surface area contributed by atoms with E-state index in [1.165, 1.54) is 0 Å². The Kier molecular flexibility index (Phi) is 7.56. The molecule has 1 atom stereocenters. The molecular weight excluding hydrogens is 292 g/mol. The van der Waals surface area contributed by atoms with Crippen LogP contribution in [-0.2, 0) is 14.4 Å². The summed E-state index contributed by atoms with van der Waals surface area (Å²) >= 11 is 1.58. The van der Waals surface area contributed by atoms with Gasteiger partial charge in [-0.15, -0.1) is 11.8 Å². The van der Waals surface area contributed by atoms with Gasteiger partial charge in [0, 0.05) is 25.1 Å². The van der Waals surface area contributed by atoms with E-state index in [0.29, 0.717) is 43.4 Å². The van der Waals surface area contributed by atoms with Crippen LogP contribution in [0.2, 0.25) is 0 Å². The van der Waals surface area contributed by atoms with Crippen molar-refractivity contribution in [3.63, 3.8) is 0 Å². The number of carboxylic acid groups (broad SMARTS) is 1. The van der Waals surface area contributed by atoms with Crippen LogP contribution in [0.4, 0.5) is 0 Å². The smallest absolute Gasteiger partial charge is 0.303 e. The van der Waals surface area contributed by atoms with E-state index in [4.69, 9.17) is 5.11 Å². The van der Waals surface area contributed by atoms with Gasteiger partial charge in [0.05, 0.1) is 5.88 Å². The van der Waals surface area contributed by atoms with Crippen molar-refractivity contribution in [1.29, 1.82) is 0 Å². The van der Waals surface area contributed by atoms with Crippen LogP contribution in [0, 0.1) is 5.92 Å². The molecule has 0 bridgehead atoms. The number of carbonyl (C=O) groups is 3. The molecule has 1 unspecified atom stereocenters. The van der Waals surface area contributed by atoms with Crippen LogP contribution < -0.4 is 5.32 Å². The van der Waals surface area contributed by atoms with Crippen molar-refractivity contribution >= 4 is 29.5 Å². The fourth-order valence-corrected chi connectivity index (χ4v) is 3.20. The minimum Gasteiger partial charge on any atom is -0.481 e. The number of nitrogens with one attached hydrogen (secondary N) is 1. The molecule has 0 aromatic heterocycles. The lowest BCUT2D eigenvalue weighted by molar-refractivity contribution is -0.138. The number of carboxylic acids is 1. The first kappa shape index (κ1) is 17.8. The number of rotatable bonds is 8. The zero-order valence-corrected chi connectivity index (χ0v) is 13.4. The average Bonchev–Trinajstić information content (AvgIpc) is 2.89. The first-order valence-electron chi connectivity index (χ1n) is 7.28. The number of hydrogen-bond donors (Lipinski definition) is 2. The van der Waals surface area contributed by atoms with E-state index < -0.39 is 5.97 Å². The maximum Gasteiger partial charge on any atom is 0.303 e. The lowest BCUT2D eigenvalue weighted by Crippen LogP contribution is -2.47. The molecule has 0 aromatic rings. The molecule has 1 aliphatic heterocycles. The Morgan fingerprint density at radius 2 is 1.95 bits per heavy atom. The summed E-state index contributed by atoms with van der Waals surface area (Å²) in [4.78, 5) is 36.2. The standard InChI is InChI=1S/C14H24N2O4S/c1-10(2)7-15-14(20)11-8-21-9-16(11)12(17)5-3-4-6-13(18)19/h10-11H,3-9H2,1-2H3,(H,15,20)(H,18,19). The van der Waals surface area contributed by atoms with Gasteiger partial charge in [0.25, 0.3) is 0 Å². The second-order valence-corrected chi connectivity index (χ2v) is 6.62. The molecule has 0 saturated carbocycles. The molecule has 1 rings (SSSR count). The molecule has 120 valence electrons. The van der Waals surface area contributed by atoms with Gasteiger partial charge in [0.1, 0.15) is 6.04 Å². The van der Waals surface area contributed by atoms with Crippen LogP contribution in [0.15, 0.2) is 0 Å². The second kappa shape index (κ2) is 8.92. The summed E-state index contributed by atoms with van der Waals surface area (Å²) in [5.74, 6) is 0.554. The summed E-state index contributed by atoms with van der Waals surface area (Å²) in [6.07, 6.45) is 1.43. The minimum atomic E-state index is -0.842. The summed E-state index contributed by atoms with van der Waals surface area (Å²) in [5.41, 5.74) is 0. The zero-order chi connectivity index (χ0) is 15.8. The van der Waals surface area contributed by atoms with Crippen LogP contribution in [0.5, 0.6) is 0 Å². The highest BCUT2D eigenvalue weighted by molar-refractivity contribution is 7.99. The van der Waals surface area contributed by atoms with Crippen molar-refractivity contribution < 1.29 is 19.5 Å². The molecule has 0 radical (unpaired) electrons. The lowest BCUT2D eigenvalue weighted by Gasteiger charge is -2.23. The molecule has 1 heterocycles. The predicted octanol–water partition coefficient (Wildman–Crippen LogP) is 1.31. The monoisotopic (exact) mass is 316 g/mol. The number of aliphatic carboxylic acids is 1. The quantitative estimate of drug-likeness (QED) is 0.659. The Labute approximate surface area is 129 Å². The van der Waals surface area contributed by atoms with Gasteiger partial charge in [-0.1, -0.05) is 13.8 Å². The molecule has 0 aliphatic carbocycles. The average molecular weight is 316 g/mol. The molecule has 1 saturated heterocycles. The molecule has 7 heteroatoms. The largest absolute Gasteiger partial charge is 0.481 e. The van der Waals surface area contributed by atoms with Crippen LogP contribution in [0.1, 0.15) is 39.5 Å². The van der Waals surface area contributed by atoms with Gasteiger partial charge >= 0.3 is 5.97 Å². The molecular formula is C14H24N2O4S. The van der Waals surface area contributed by atoms with Gasteiger partial charge < -0.3 is 15.3 Å². The predicted molar refractivity (Wildman–Crippen MR) is 81.9 cm³/mol. The third kappa shape index (κ3) is 6.37. The van der Waals surface area contributed by atoms with E-state index in [-0.39, 0.29) is 24.3 Å². The van der Waals surface area contributed by atoms with Gasteiger partial charge in [0.2, 0.25) is 11.8 Å². The van der Waals surface area contributed by atoms with E-state index in [0.717, 1.165) is 0 Å². The summed E-state index contributed by atoms with van der Waals surface area (Å²) in [5, 5.41) is 11.4. The Morgan fingerprint density at radius 3 is 2.57 bits per heavy atom. The Bertz CT molecular complexity index is 387. The van der Waals surface area contributed by atoms with E-state index in [2.05, 4.69) is 5.32 Å². The van der Waals surface area contributed by atoms with Gasteiger partial charge in [-0.3, -0.25) is 14.4 Å². The highest BCUT2D eigenvalue weighted by Crippen LogP contribution is 2.22. The molecule has 0 spiro atoms. The fraction of sp³-hybridized carbons (Fsp3) is 0.786. The lowest BCUT2D eigenvalue weighted by atomic mass is 10.1. The molecule has 6 nitrogen and oxygen atoms in total. The number of unbranched alkanes of at least 4 members (excludes halogenated alkanes) is 1. The van der Waals surface area contributed by atoms with Crippen LogP contribution in [0.3, 0.4) is 0 Å². The van der Waals surface area contributed by atoms with E-state index >= 15 is 0 Å². The molecule has 0 aromatic carbocycles. The van der Waals surface area contributed by atoms with Crippen LogP contribution >= 0.6 is 11.8 Å². The van der Waals surface area contributed by atoms with Crippen molar-refractivity contribution in [1.82, 2.24) is 10.2 Å². The Balaban J connectivity index is 2.39. The first-order chi connectivity index (χ1) is 9.91. The van der Waals surface area contributed by atoms with Gasteiger partial charge in [-0.25, -0.2) is 0 Å². The Morgan fingerprint density at radius 1 is 1.29 bits per heavy atom. The van der Waals surface area contributed by atoms with E-state index in [1.807, 2.05) is 13.8 Å². The first-order valence-corrected chi connectivity index (χ1v) is 8.44. The zero-order valence-electron chi connectivity index (χ0n) is 12.6. The summed E-state index contributed by atoms with van der Waals surface area (Å²) in [7, 11) is 0. The number of carbonyl (C=O) groups excluding carboxylic acids is 2. The second-order valence-electron chi connectivity index (χ2n) is 5.62. The topological polar surface area (TPSA) is 86.7 Å². The third-order valence-electron chi connectivity index (χ3n) is 3.22. The van der Waals surface area contributed by atoms with E-state index in [1.54, 1.807) is 16.7 Å². The number of hydrogen-bond acceptors (Lipinski definition) is 4. The summed E-state index contributed by atoms with van der Waals surface area (Å²) in [6, 6.07) is -0.388. The molecule has 2 N–H and O–H groups in total. The summed E-state index contributed by atoms with van der Waals surface area (Å²) in [6.45, 7) is 4.66. The van der Waals surface area contributed by atoms with Gasteiger partial charge in [0.15, 0.2) is 0 Å². The number of thioether (sulfide) groups is 1. The molecule has 2 amide bonds. The number of nitrogens with zero attached hydrogens (tertiary/aromatic N) is 1. The fourth-order valence-electron chi connectivity index (χ4n) is 2.02. The van der Waals surface area contributed by atoms with Crippen molar-refractivity contribution in [3.05, 3.63) is 0 Å². The third-order valence-corrected chi connectivity index (χ3v) is 4.23. The van der Waals surface area contributed by atoms with E-state index in [9.17, 15) is 14.4 Å².